The minimum absolute atomic E-state index is 0.165. The number of aryl methyl sites for hydroxylation is 1. The molecule has 0 unspecified atom stereocenters. The van der Waals surface area contributed by atoms with Gasteiger partial charge in [0, 0.05) is 10.6 Å². The van der Waals surface area contributed by atoms with E-state index in [0.29, 0.717) is 12.5 Å². The SMILES string of the molecule is Cc1ncsc1CN=C(N)Nc1ccc(OC(C)C)cc1. The molecular weight excluding hydrogens is 284 g/mol. The first-order valence-corrected chi connectivity index (χ1v) is 7.65. The monoisotopic (exact) mass is 304 g/mol. The van der Waals surface area contributed by atoms with Crippen LogP contribution in [0.5, 0.6) is 5.75 Å². The molecule has 2 aromatic rings. The fraction of sp³-hybridized carbons (Fsp3) is 0.333. The Labute approximate surface area is 128 Å². The second-order valence-electron chi connectivity index (χ2n) is 4.88. The van der Waals surface area contributed by atoms with Crippen molar-refractivity contribution in [2.24, 2.45) is 10.7 Å². The summed E-state index contributed by atoms with van der Waals surface area (Å²) in [5, 5.41) is 3.06. The largest absolute Gasteiger partial charge is 0.491 e. The van der Waals surface area contributed by atoms with E-state index >= 15 is 0 Å². The van der Waals surface area contributed by atoms with E-state index in [1.807, 2.05) is 50.5 Å². The third-order valence-electron chi connectivity index (χ3n) is 2.74. The Hall–Kier alpha value is -2.08. The van der Waals surface area contributed by atoms with Crippen LogP contribution in [0.15, 0.2) is 34.8 Å². The fourth-order valence-corrected chi connectivity index (χ4v) is 2.41. The molecule has 5 nitrogen and oxygen atoms in total. The Morgan fingerprint density at radius 3 is 2.67 bits per heavy atom. The fourth-order valence-electron chi connectivity index (χ4n) is 1.71. The summed E-state index contributed by atoms with van der Waals surface area (Å²) in [6.07, 6.45) is 0.165. The molecule has 1 aromatic heterocycles. The van der Waals surface area contributed by atoms with E-state index in [-0.39, 0.29) is 6.10 Å². The lowest BCUT2D eigenvalue weighted by molar-refractivity contribution is 0.242. The van der Waals surface area contributed by atoms with Crippen LogP contribution in [0.3, 0.4) is 0 Å². The predicted molar refractivity (Wildman–Crippen MR) is 88.0 cm³/mol. The number of hydrogen-bond donors (Lipinski definition) is 2. The molecule has 0 fully saturated rings. The summed E-state index contributed by atoms with van der Waals surface area (Å²) in [5.41, 5.74) is 9.59. The first-order chi connectivity index (χ1) is 10.0. The van der Waals surface area contributed by atoms with Crippen LogP contribution in [0.4, 0.5) is 5.69 Å². The maximum absolute atomic E-state index is 5.88. The lowest BCUT2D eigenvalue weighted by atomic mass is 10.3. The Bertz CT molecular complexity index is 604. The summed E-state index contributed by atoms with van der Waals surface area (Å²) in [4.78, 5) is 9.63. The van der Waals surface area contributed by atoms with Gasteiger partial charge >= 0.3 is 0 Å². The van der Waals surface area contributed by atoms with E-state index in [4.69, 9.17) is 10.5 Å². The van der Waals surface area contributed by atoms with Crippen LogP contribution in [0.1, 0.15) is 24.4 Å². The van der Waals surface area contributed by atoms with Crippen LogP contribution < -0.4 is 15.8 Å². The number of nitrogens with two attached hydrogens (primary N) is 1. The summed E-state index contributed by atoms with van der Waals surface area (Å²) in [7, 11) is 0. The van der Waals surface area contributed by atoms with Crippen molar-refractivity contribution in [3.05, 3.63) is 40.3 Å². The first kappa shape index (κ1) is 15.3. The van der Waals surface area contributed by atoms with Crippen molar-refractivity contribution >= 4 is 23.0 Å². The predicted octanol–water partition coefficient (Wildman–Crippen LogP) is 3.17. The molecule has 3 N–H and O–H groups in total. The standard InChI is InChI=1S/C15H20N4OS/c1-10(2)20-13-6-4-12(5-7-13)19-15(16)17-8-14-11(3)18-9-21-14/h4-7,9-10H,8H2,1-3H3,(H3,16,17,19). The summed E-state index contributed by atoms with van der Waals surface area (Å²) in [5.74, 6) is 1.23. The van der Waals surface area contributed by atoms with Gasteiger partial charge in [0.15, 0.2) is 5.96 Å². The number of thiazole rings is 1. The van der Waals surface area contributed by atoms with E-state index in [1.54, 1.807) is 11.3 Å². The molecule has 0 radical (unpaired) electrons. The van der Waals surface area contributed by atoms with E-state index in [1.165, 1.54) is 0 Å². The number of nitrogens with one attached hydrogen (secondary N) is 1. The highest BCUT2D eigenvalue weighted by atomic mass is 32.1. The summed E-state index contributed by atoms with van der Waals surface area (Å²) < 4.78 is 5.59. The molecule has 0 aliphatic heterocycles. The average molecular weight is 304 g/mol. The topological polar surface area (TPSA) is 72.5 Å². The lowest BCUT2D eigenvalue weighted by Gasteiger charge is -2.10. The average Bonchev–Trinajstić information content (AvgIpc) is 2.84. The maximum atomic E-state index is 5.88. The smallest absolute Gasteiger partial charge is 0.193 e. The van der Waals surface area contributed by atoms with Crippen molar-refractivity contribution in [3.63, 3.8) is 0 Å². The quantitative estimate of drug-likeness (QED) is 0.657. The van der Waals surface area contributed by atoms with Gasteiger partial charge in [0.2, 0.25) is 0 Å². The van der Waals surface area contributed by atoms with Gasteiger partial charge in [-0.15, -0.1) is 11.3 Å². The molecular formula is C15H20N4OS. The van der Waals surface area contributed by atoms with Crippen LogP contribution in [0.25, 0.3) is 0 Å². The van der Waals surface area contributed by atoms with Gasteiger partial charge in [-0.1, -0.05) is 0 Å². The van der Waals surface area contributed by atoms with Crippen molar-refractivity contribution in [2.75, 3.05) is 5.32 Å². The molecule has 0 spiro atoms. The minimum atomic E-state index is 0.165. The van der Waals surface area contributed by atoms with Crippen molar-refractivity contribution in [1.82, 2.24) is 4.98 Å². The zero-order valence-electron chi connectivity index (χ0n) is 12.5. The third kappa shape index (κ3) is 4.75. The molecule has 6 heteroatoms. The molecule has 0 aliphatic rings. The van der Waals surface area contributed by atoms with Crippen molar-refractivity contribution in [2.45, 2.75) is 33.4 Å². The highest BCUT2D eigenvalue weighted by Crippen LogP contribution is 2.17. The molecule has 112 valence electrons. The first-order valence-electron chi connectivity index (χ1n) is 6.77. The van der Waals surface area contributed by atoms with Gasteiger partial charge in [-0.2, -0.15) is 0 Å². The van der Waals surface area contributed by atoms with Crippen LogP contribution in [-0.2, 0) is 6.54 Å². The van der Waals surface area contributed by atoms with E-state index in [9.17, 15) is 0 Å². The Balaban J connectivity index is 1.93. The van der Waals surface area contributed by atoms with Crippen LogP contribution in [-0.4, -0.2) is 17.0 Å². The van der Waals surface area contributed by atoms with Crippen LogP contribution in [0, 0.1) is 6.92 Å². The zero-order chi connectivity index (χ0) is 15.2. The molecule has 0 saturated heterocycles. The number of aliphatic imine (C=N–C) groups is 1. The number of aromatic nitrogens is 1. The molecule has 0 atom stereocenters. The highest BCUT2D eigenvalue weighted by Gasteiger charge is 2.02. The van der Waals surface area contributed by atoms with Crippen LogP contribution in [0.2, 0.25) is 0 Å². The maximum Gasteiger partial charge on any atom is 0.193 e. The van der Waals surface area contributed by atoms with Gasteiger partial charge < -0.3 is 15.8 Å². The van der Waals surface area contributed by atoms with Crippen molar-refractivity contribution < 1.29 is 4.74 Å². The van der Waals surface area contributed by atoms with Gasteiger partial charge in [0.05, 0.1) is 23.9 Å². The number of anilines is 1. The van der Waals surface area contributed by atoms with Gasteiger partial charge in [0.1, 0.15) is 5.75 Å². The van der Waals surface area contributed by atoms with E-state index in [2.05, 4.69) is 15.3 Å². The number of benzene rings is 1. The van der Waals surface area contributed by atoms with E-state index in [0.717, 1.165) is 22.0 Å². The normalized spacial score (nSPS) is 11.7. The molecule has 0 amide bonds. The number of rotatable bonds is 5. The van der Waals surface area contributed by atoms with Gasteiger partial charge in [0.25, 0.3) is 0 Å². The molecule has 0 aliphatic carbocycles. The molecule has 1 aromatic carbocycles. The Morgan fingerprint density at radius 2 is 2.10 bits per heavy atom. The summed E-state index contributed by atoms with van der Waals surface area (Å²) >= 11 is 1.59. The molecule has 1 heterocycles. The number of hydrogen-bond acceptors (Lipinski definition) is 4. The number of ether oxygens (including phenoxy) is 1. The molecule has 21 heavy (non-hydrogen) atoms. The van der Waals surface area contributed by atoms with Crippen molar-refractivity contribution in [1.29, 1.82) is 0 Å². The van der Waals surface area contributed by atoms with Gasteiger partial charge in [-0.3, -0.25) is 0 Å². The van der Waals surface area contributed by atoms with Gasteiger partial charge in [-0.05, 0) is 45.0 Å². The highest BCUT2D eigenvalue weighted by molar-refractivity contribution is 7.09. The molecule has 2 rings (SSSR count). The second-order valence-corrected chi connectivity index (χ2v) is 5.82. The zero-order valence-corrected chi connectivity index (χ0v) is 13.3. The second kappa shape index (κ2) is 7.08. The number of nitrogens with zero attached hydrogens (tertiary/aromatic N) is 2. The number of guanidine groups is 1. The molecule has 0 saturated carbocycles. The Morgan fingerprint density at radius 1 is 1.38 bits per heavy atom. The van der Waals surface area contributed by atoms with Crippen LogP contribution >= 0.6 is 11.3 Å². The summed E-state index contributed by atoms with van der Waals surface area (Å²) in [6.45, 7) is 6.51. The van der Waals surface area contributed by atoms with Crippen molar-refractivity contribution in [3.8, 4) is 5.75 Å². The third-order valence-corrected chi connectivity index (χ3v) is 3.66. The minimum Gasteiger partial charge on any atom is -0.491 e. The molecule has 0 bridgehead atoms. The van der Waals surface area contributed by atoms with E-state index < -0.39 is 0 Å². The lowest BCUT2D eigenvalue weighted by Crippen LogP contribution is -2.22. The summed E-state index contributed by atoms with van der Waals surface area (Å²) in [6, 6.07) is 7.64. The Kier molecular flexibility index (Phi) is 5.16. The van der Waals surface area contributed by atoms with Gasteiger partial charge in [-0.25, -0.2) is 9.98 Å².